The highest BCUT2D eigenvalue weighted by Gasteiger charge is 2.20. The Labute approximate surface area is 104 Å². The van der Waals surface area contributed by atoms with Gasteiger partial charge >= 0.3 is 0 Å². The van der Waals surface area contributed by atoms with Gasteiger partial charge in [0.2, 0.25) is 5.88 Å². The van der Waals surface area contributed by atoms with Gasteiger partial charge in [-0.3, -0.25) is 0 Å². The lowest BCUT2D eigenvalue weighted by molar-refractivity contribution is 0.0123. The molecule has 1 heterocycles. The maximum absolute atomic E-state index is 9.86. The monoisotopic (exact) mass is 253 g/mol. The summed E-state index contributed by atoms with van der Waals surface area (Å²) in [6.45, 7) is 0.0980. The molecule has 2 unspecified atom stereocenters. The van der Waals surface area contributed by atoms with Crippen molar-refractivity contribution in [3.8, 4) is 5.88 Å². The van der Waals surface area contributed by atoms with Gasteiger partial charge in [0, 0.05) is 11.5 Å². The number of nitrogens with zero attached hydrogens (tertiary/aromatic N) is 4. The standard InChI is InChI=1S/C10H15N5O3/c1-18-10-6(11)2-3-7(14-10)9(17)8(16)4-5-13-15-12/h2-3,8-9,16-17H,4-5,11H2,1H3. The number of rotatable bonds is 6. The summed E-state index contributed by atoms with van der Waals surface area (Å²) in [7, 11) is 1.41. The fourth-order valence-corrected chi connectivity index (χ4v) is 1.38. The Kier molecular flexibility index (Phi) is 5.19. The molecule has 0 saturated carbocycles. The number of aromatic nitrogens is 1. The number of methoxy groups -OCH3 is 1. The number of azide groups is 1. The van der Waals surface area contributed by atoms with Gasteiger partial charge in [-0.1, -0.05) is 5.11 Å². The van der Waals surface area contributed by atoms with Gasteiger partial charge in [-0.2, -0.15) is 0 Å². The van der Waals surface area contributed by atoms with Crippen LogP contribution in [-0.4, -0.2) is 35.0 Å². The number of anilines is 1. The normalized spacial score (nSPS) is 13.5. The van der Waals surface area contributed by atoms with E-state index in [4.69, 9.17) is 16.0 Å². The van der Waals surface area contributed by atoms with E-state index in [1.165, 1.54) is 19.2 Å². The van der Waals surface area contributed by atoms with Crippen molar-refractivity contribution in [2.45, 2.75) is 18.6 Å². The van der Waals surface area contributed by atoms with E-state index in [0.29, 0.717) is 5.69 Å². The van der Waals surface area contributed by atoms with Gasteiger partial charge in [-0.25, -0.2) is 4.98 Å². The first kappa shape index (κ1) is 14.0. The molecule has 0 aliphatic carbocycles. The third-order valence-electron chi connectivity index (χ3n) is 2.36. The first-order valence-electron chi connectivity index (χ1n) is 5.27. The minimum absolute atomic E-state index is 0.0980. The molecule has 4 N–H and O–H groups in total. The third-order valence-corrected chi connectivity index (χ3v) is 2.36. The summed E-state index contributed by atoms with van der Waals surface area (Å²) in [5, 5.41) is 22.8. The highest BCUT2D eigenvalue weighted by molar-refractivity contribution is 5.48. The highest BCUT2D eigenvalue weighted by atomic mass is 16.5. The van der Waals surface area contributed by atoms with Crippen LogP contribution in [0.25, 0.3) is 10.4 Å². The predicted molar refractivity (Wildman–Crippen MR) is 64.8 cm³/mol. The molecule has 0 aromatic carbocycles. The summed E-state index contributed by atoms with van der Waals surface area (Å²) in [4.78, 5) is 6.54. The van der Waals surface area contributed by atoms with E-state index in [9.17, 15) is 10.2 Å². The molecule has 0 saturated heterocycles. The molecule has 0 radical (unpaired) electrons. The molecular formula is C10H15N5O3. The first-order chi connectivity index (χ1) is 8.60. The molecule has 1 aromatic rings. The van der Waals surface area contributed by atoms with Crippen LogP contribution in [0.15, 0.2) is 17.2 Å². The molecule has 1 aromatic heterocycles. The van der Waals surface area contributed by atoms with Gasteiger partial charge < -0.3 is 20.7 Å². The van der Waals surface area contributed by atoms with E-state index < -0.39 is 12.2 Å². The largest absolute Gasteiger partial charge is 0.480 e. The van der Waals surface area contributed by atoms with Crippen molar-refractivity contribution in [1.82, 2.24) is 4.98 Å². The van der Waals surface area contributed by atoms with Crippen molar-refractivity contribution in [1.29, 1.82) is 0 Å². The van der Waals surface area contributed by atoms with E-state index >= 15 is 0 Å². The maximum atomic E-state index is 9.86. The number of aliphatic hydroxyl groups excluding tert-OH is 2. The predicted octanol–water partition coefficient (Wildman–Crippen LogP) is 0.767. The molecule has 0 aliphatic heterocycles. The molecule has 8 heteroatoms. The number of aliphatic hydroxyl groups is 2. The van der Waals surface area contributed by atoms with E-state index in [0.717, 1.165) is 0 Å². The lowest BCUT2D eigenvalue weighted by Gasteiger charge is -2.17. The van der Waals surface area contributed by atoms with Gasteiger partial charge in [-0.15, -0.1) is 0 Å². The molecular weight excluding hydrogens is 238 g/mol. The molecule has 1 rings (SSSR count). The maximum Gasteiger partial charge on any atom is 0.237 e. The Morgan fingerprint density at radius 3 is 2.89 bits per heavy atom. The molecule has 0 amide bonds. The minimum Gasteiger partial charge on any atom is -0.480 e. The number of nitrogen functional groups attached to an aromatic ring is 1. The Morgan fingerprint density at radius 2 is 2.28 bits per heavy atom. The van der Waals surface area contributed by atoms with Gasteiger partial charge in [0.15, 0.2) is 0 Å². The molecule has 0 fully saturated rings. The van der Waals surface area contributed by atoms with Crippen LogP contribution in [0.2, 0.25) is 0 Å². The van der Waals surface area contributed by atoms with Crippen molar-refractivity contribution < 1.29 is 14.9 Å². The topological polar surface area (TPSA) is 137 Å². The fraction of sp³-hybridized carbons (Fsp3) is 0.500. The Morgan fingerprint density at radius 1 is 1.56 bits per heavy atom. The second-order valence-electron chi connectivity index (χ2n) is 3.59. The summed E-state index contributed by atoms with van der Waals surface area (Å²) in [6.07, 6.45) is -2.12. The quantitative estimate of drug-likeness (QED) is 0.390. The lowest BCUT2D eigenvalue weighted by Crippen LogP contribution is -2.20. The average Bonchev–Trinajstić information content (AvgIpc) is 2.38. The van der Waals surface area contributed by atoms with Crippen molar-refractivity contribution in [2.75, 3.05) is 19.4 Å². The number of ether oxygens (including phenoxy) is 1. The molecule has 18 heavy (non-hydrogen) atoms. The highest BCUT2D eigenvalue weighted by Crippen LogP contribution is 2.23. The average molecular weight is 253 g/mol. The second kappa shape index (κ2) is 6.65. The SMILES string of the molecule is COc1nc(C(O)C(O)CCN=[N+]=[N-])ccc1N. The summed E-state index contributed by atoms with van der Waals surface area (Å²) in [5.41, 5.74) is 14.3. The molecule has 8 nitrogen and oxygen atoms in total. The van der Waals surface area contributed by atoms with E-state index in [1.807, 2.05) is 0 Å². The number of pyridine rings is 1. The zero-order valence-corrected chi connectivity index (χ0v) is 9.89. The van der Waals surface area contributed by atoms with Crippen LogP contribution in [0, 0.1) is 0 Å². The number of hydrogen-bond acceptors (Lipinski definition) is 6. The van der Waals surface area contributed by atoms with Crippen LogP contribution in [0.4, 0.5) is 5.69 Å². The Hall–Kier alpha value is -2.02. The van der Waals surface area contributed by atoms with Gasteiger partial charge in [-0.05, 0) is 24.1 Å². The van der Waals surface area contributed by atoms with Gasteiger partial charge in [0.05, 0.1) is 24.6 Å². The van der Waals surface area contributed by atoms with Crippen LogP contribution < -0.4 is 10.5 Å². The van der Waals surface area contributed by atoms with Crippen LogP contribution in [-0.2, 0) is 0 Å². The molecule has 2 atom stereocenters. The van der Waals surface area contributed by atoms with Crippen molar-refractivity contribution in [3.63, 3.8) is 0 Å². The van der Waals surface area contributed by atoms with Crippen LogP contribution in [0.1, 0.15) is 18.2 Å². The van der Waals surface area contributed by atoms with E-state index in [-0.39, 0.29) is 24.5 Å². The van der Waals surface area contributed by atoms with Crippen molar-refractivity contribution in [3.05, 3.63) is 28.3 Å². The molecule has 0 spiro atoms. The molecule has 0 aliphatic rings. The van der Waals surface area contributed by atoms with Gasteiger partial charge in [0.25, 0.3) is 0 Å². The summed E-state index contributed by atoms with van der Waals surface area (Å²) in [6, 6.07) is 3.03. The number of nitrogens with two attached hydrogens (primary N) is 1. The molecule has 98 valence electrons. The fourth-order valence-electron chi connectivity index (χ4n) is 1.38. The number of hydrogen-bond donors (Lipinski definition) is 3. The summed E-state index contributed by atoms with van der Waals surface area (Å²) < 4.78 is 4.92. The van der Waals surface area contributed by atoms with Crippen molar-refractivity contribution >= 4 is 5.69 Å². The van der Waals surface area contributed by atoms with Crippen LogP contribution in [0.3, 0.4) is 0 Å². The molecule has 0 bridgehead atoms. The minimum atomic E-state index is -1.19. The second-order valence-corrected chi connectivity index (χ2v) is 3.59. The van der Waals surface area contributed by atoms with E-state index in [2.05, 4.69) is 15.0 Å². The third kappa shape index (κ3) is 3.49. The first-order valence-corrected chi connectivity index (χ1v) is 5.27. The zero-order valence-electron chi connectivity index (χ0n) is 9.89. The van der Waals surface area contributed by atoms with E-state index in [1.54, 1.807) is 0 Å². The Balaban J connectivity index is 2.76. The lowest BCUT2D eigenvalue weighted by atomic mass is 10.1. The summed E-state index contributed by atoms with van der Waals surface area (Å²) >= 11 is 0. The Bertz CT molecular complexity index is 447. The van der Waals surface area contributed by atoms with Crippen LogP contribution in [0.5, 0.6) is 5.88 Å². The zero-order chi connectivity index (χ0) is 13.5. The van der Waals surface area contributed by atoms with Crippen molar-refractivity contribution in [2.24, 2.45) is 5.11 Å². The van der Waals surface area contributed by atoms with Crippen LogP contribution >= 0.6 is 0 Å². The van der Waals surface area contributed by atoms with Gasteiger partial charge in [0.1, 0.15) is 6.10 Å². The summed E-state index contributed by atoms with van der Waals surface area (Å²) in [5.74, 6) is 0.189. The smallest absolute Gasteiger partial charge is 0.237 e.